The monoisotopic (exact) mass is 291 g/mol. The molecule has 2 rings (SSSR count). The van der Waals surface area contributed by atoms with Gasteiger partial charge >= 0.3 is 6.03 Å². The van der Waals surface area contributed by atoms with Crippen molar-refractivity contribution in [2.24, 2.45) is 0 Å². The lowest BCUT2D eigenvalue weighted by atomic mass is 10.1. The molecule has 0 aromatic heterocycles. The Morgan fingerprint density at radius 3 is 2.52 bits per heavy atom. The fraction of sp³-hybridized carbons (Fsp3) is 0.429. The number of unbranched alkanes of at least 4 members (excludes halogenated alkanes) is 1. The van der Waals surface area contributed by atoms with Gasteiger partial charge in [0.15, 0.2) is 0 Å². The van der Waals surface area contributed by atoms with E-state index in [1.807, 2.05) is 6.92 Å². The maximum Gasteiger partial charge on any atom is 0.325 e. The number of urea groups is 1. The first kappa shape index (κ1) is 15.0. The molecule has 1 aliphatic heterocycles. The van der Waals surface area contributed by atoms with E-state index in [0.717, 1.165) is 17.7 Å². The molecular weight excluding hydrogens is 274 g/mol. The molecule has 1 aromatic carbocycles. The molecule has 1 unspecified atom stereocenters. The Hall–Kier alpha value is -2.44. The van der Waals surface area contributed by atoms with Crippen LogP contribution in [0.25, 0.3) is 0 Å². The average Bonchev–Trinajstić information content (AvgIpc) is 2.73. The summed E-state index contributed by atoms with van der Waals surface area (Å²) in [5.74, 6) is -0.230. The minimum atomic E-state index is -0.488. The summed E-state index contributed by atoms with van der Waals surface area (Å²) in [6, 6.07) is 4.98. The SMILES string of the molecule is CCCCC1NC(=O)N(Cc2ccc([N+](=O)[O-])cc2)C1=O. The van der Waals surface area contributed by atoms with E-state index in [-0.39, 0.29) is 18.1 Å². The summed E-state index contributed by atoms with van der Waals surface area (Å²) in [4.78, 5) is 35.2. The summed E-state index contributed by atoms with van der Waals surface area (Å²) >= 11 is 0. The van der Waals surface area contributed by atoms with Gasteiger partial charge in [0, 0.05) is 12.1 Å². The number of hydrogen-bond donors (Lipinski definition) is 1. The Kier molecular flexibility index (Phi) is 4.52. The van der Waals surface area contributed by atoms with Gasteiger partial charge in [0.05, 0.1) is 11.5 Å². The molecular formula is C14H17N3O4. The Morgan fingerprint density at radius 2 is 1.95 bits per heavy atom. The highest BCUT2D eigenvalue weighted by Crippen LogP contribution is 2.17. The van der Waals surface area contributed by atoms with E-state index in [1.165, 1.54) is 12.1 Å². The van der Waals surface area contributed by atoms with Gasteiger partial charge in [-0.15, -0.1) is 0 Å². The Morgan fingerprint density at radius 1 is 1.29 bits per heavy atom. The fourth-order valence-electron chi connectivity index (χ4n) is 2.24. The lowest BCUT2D eigenvalue weighted by Crippen LogP contribution is -2.30. The van der Waals surface area contributed by atoms with Crippen molar-refractivity contribution in [1.82, 2.24) is 10.2 Å². The van der Waals surface area contributed by atoms with Crippen LogP contribution < -0.4 is 5.32 Å². The third kappa shape index (κ3) is 3.36. The molecule has 0 radical (unpaired) electrons. The van der Waals surface area contributed by atoms with E-state index in [4.69, 9.17) is 0 Å². The lowest BCUT2D eigenvalue weighted by Gasteiger charge is -2.12. The lowest BCUT2D eigenvalue weighted by molar-refractivity contribution is -0.384. The van der Waals surface area contributed by atoms with E-state index in [0.29, 0.717) is 12.0 Å². The first-order chi connectivity index (χ1) is 10.0. The van der Waals surface area contributed by atoms with Crippen LogP contribution in [0.3, 0.4) is 0 Å². The number of nitro benzene ring substituents is 1. The largest absolute Gasteiger partial charge is 0.326 e. The zero-order valence-electron chi connectivity index (χ0n) is 11.7. The molecule has 1 saturated heterocycles. The minimum Gasteiger partial charge on any atom is -0.326 e. The van der Waals surface area contributed by atoms with Crippen molar-refractivity contribution in [3.05, 3.63) is 39.9 Å². The number of nitrogens with zero attached hydrogens (tertiary/aromatic N) is 2. The van der Waals surface area contributed by atoms with Gasteiger partial charge in [0.2, 0.25) is 0 Å². The highest BCUT2D eigenvalue weighted by Gasteiger charge is 2.37. The number of benzene rings is 1. The normalized spacial score (nSPS) is 18.0. The maximum absolute atomic E-state index is 12.1. The molecule has 1 heterocycles. The van der Waals surface area contributed by atoms with Crippen LogP contribution in [-0.2, 0) is 11.3 Å². The van der Waals surface area contributed by atoms with E-state index in [9.17, 15) is 19.7 Å². The molecule has 1 fully saturated rings. The molecule has 0 spiro atoms. The van der Waals surface area contributed by atoms with Crippen molar-refractivity contribution in [1.29, 1.82) is 0 Å². The Labute approximate surface area is 122 Å². The quantitative estimate of drug-likeness (QED) is 0.494. The highest BCUT2D eigenvalue weighted by atomic mass is 16.6. The minimum absolute atomic E-state index is 0.0169. The Balaban J connectivity index is 2.03. The molecule has 1 atom stereocenters. The predicted octanol–water partition coefficient (Wildman–Crippen LogP) is 2.21. The molecule has 0 bridgehead atoms. The molecule has 112 valence electrons. The van der Waals surface area contributed by atoms with Crippen LogP contribution in [0.5, 0.6) is 0 Å². The number of imide groups is 1. The van der Waals surface area contributed by atoms with Crippen molar-refractivity contribution in [3.8, 4) is 0 Å². The summed E-state index contributed by atoms with van der Waals surface area (Å²) in [6.45, 7) is 2.15. The molecule has 7 nitrogen and oxygen atoms in total. The topological polar surface area (TPSA) is 92.6 Å². The third-order valence-corrected chi connectivity index (χ3v) is 3.44. The second-order valence-corrected chi connectivity index (χ2v) is 4.99. The van der Waals surface area contributed by atoms with Crippen LogP contribution in [0.2, 0.25) is 0 Å². The molecule has 1 N–H and O–H groups in total. The van der Waals surface area contributed by atoms with Gasteiger partial charge in [-0.25, -0.2) is 4.79 Å². The van der Waals surface area contributed by atoms with E-state index in [1.54, 1.807) is 12.1 Å². The molecule has 0 aliphatic carbocycles. The zero-order chi connectivity index (χ0) is 15.4. The number of non-ortho nitro benzene ring substituents is 1. The average molecular weight is 291 g/mol. The number of nitrogens with one attached hydrogen (secondary N) is 1. The molecule has 3 amide bonds. The summed E-state index contributed by atoms with van der Waals surface area (Å²) in [5, 5.41) is 13.2. The molecule has 0 saturated carbocycles. The first-order valence-electron chi connectivity index (χ1n) is 6.88. The van der Waals surface area contributed by atoms with Crippen molar-refractivity contribution < 1.29 is 14.5 Å². The predicted molar refractivity (Wildman–Crippen MR) is 75.5 cm³/mol. The number of hydrogen-bond acceptors (Lipinski definition) is 4. The van der Waals surface area contributed by atoms with Gasteiger partial charge in [0.25, 0.3) is 11.6 Å². The van der Waals surface area contributed by atoms with Gasteiger partial charge in [-0.2, -0.15) is 0 Å². The van der Waals surface area contributed by atoms with E-state index in [2.05, 4.69) is 5.32 Å². The summed E-state index contributed by atoms with van der Waals surface area (Å²) in [7, 11) is 0. The second kappa shape index (κ2) is 6.34. The fourth-order valence-corrected chi connectivity index (χ4v) is 2.24. The Bertz CT molecular complexity index is 556. The standard InChI is InChI=1S/C14H17N3O4/c1-2-3-4-12-13(18)16(14(19)15-12)9-10-5-7-11(8-6-10)17(20)21/h5-8,12H,2-4,9H2,1H3,(H,15,19). The maximum atomic E-state index is 12.1. The number of carbonyl (C=O) groups is 2. The van der Waals surface area contributed by atoms with Gasteiger partial charge in [-0.05, 0) is 12.0 Å². The van der Waals surface area contributed by atoms with E-state index < -0.39 is 17.0 Å². The van der Waals surface area contributed by atoms with Gasteiger partial charge in [-0.1, -0.05) is 31.9 Å². The van der Waals surface area contributed by atoms with Gasteiger partial charge < -0.3 is 5.32 Å². The zero-order valence-corrected chi connectivity index (χ0v) is 11.7. The van der Waals surface area contributed by atoms with Gasteiger partial charge in [0.1, 0.15) is 6.04 Å². The summed E-state index contributed by atoms with van der Waals surface area (Å²) < 4.78 is 0. The molecule has 1 aromatic rings. The first-order valence-corrected chi connectivity index (χ1v) is 6.88. The van der Waals surface area contributed by atoms with Crippen molar-refractivity contribution in [2.75, 3.05) is 0 Å². The van der Waals surface area contributed by atoms with Gasteiger partial charge in [-0.3, -0.25) is 19.8 Å². The van der Waals surface area contributed by atoms with Crippen LogP contribution >= 0.6 is 0 Å². The van der Waals surface area contributed by atoms with E-state index >= 15 is 0 Å². The van der Waals surface area contributed by atoms with Crippen molar-refractivity contribution in [2.45, 2.75) is 38.8 Å². The molecule has 1 aliphatic rings. The number of amides is 3. The number of nitro groups is 1. The van der Waals surface area contributed by atoms with Crippen LogP contribution in [0.1, 0.15) is 31.7 Å². The van der Waals surface area contributed by atoms with Crippen LogP contribution in [0, 0.1) is 10.1 Å². The molecule has 21 heavy (non-hydrogen) atoms. The van der Waals surface area contributed by atoms with Crippen molar-refractivity contribution in [3.63, 3.8) is 0 Å². The summed E-state index contributed by atoms with van der Waals surface area (Å²) in [5.41, 5.74) is 0.664. The van der Waals surface area contributed by atoms with Crippen molar-refractivity contribution >= 4 is 17.6 Å². The van der Waals surface area contributed by atoms with Crippen LogP contribution in [-0.4, -0.2) is 27.8 Å². The summed E-state index contributed by atoms with van der Waals surface area (Å²) in [6.07, 6.45) is 2.47. The van der Waals surface area contributed by atoms with Crippen LogP contribution in [0.4, 0.5) is 10.5 Å². The van der Waals surface area contributed by atoms with Crippen LogP contribution in [0.15, 0.2) is 24.3 Å². The smallest absolute Gasteiger partial charge is 0.325 e. The third-order valence-electron chi connectivity index (χ3n) is 3.44. The number of carbonyl (C=O) groups excluding carboxylic acids is 2. The number of rotatable bonds is 6. The highest BCUT2D eigenvalue weighted by molar-refractivity contribution is 6.04. The second-order valence-electron chi connectivity index (χ2n) is 4.99. The molecule has 7 heteroatoms.